The molecule has 102 valence electrons. The van der Waals surface area contributed by atoms with Crippen LogP contribution in [0.15, 0.2) is 0 Å². The molecule has 2 rings (SSSR count). The first kappa shape index (κ1) is 13.7. The maximum Gasteiger partial charge on any atom is 0.267 e. The van der Waals surface area contributed by atoms with Crippen LogP contribution in [0.5, 0.6) is 0 Å². The Hall–Kier alpha value is -0.750. The summed E-state index contributed by atoms with van der Waals surface area (Å²) >= 11 is 1.68. The lowest BCUT2D eigenvalue weighted by Crippen LogP contribution is -2.50. The molecule has 2 heterocycles. The van der Waals surface area contributed by atoms with E-state index in [0.29, 0.717) is 24.7 Å². The standard InChI is InChI=1S/C12H20N2O3S/c1-8(2)6-17-13-11(16)9-7-18-12(3)5-4-10(15)14(9)12/h8-9H,4-7H2,1-3H3,(H,13,16). The Kier molecular flexibility index (Phi) is 3.87. The van der Waals surface area contributed by atoms with E-state index in [1.807, 2.05) is 20.8 Å². The number of carbonyl (C=O) groups is 2. The van der Waals surface area contributed by atoms with Crippen LogP contribution in [0.1, 0.15) is 33.6 Å². The van der Waals surface area contributed by atoms with Gasteiger partial charge in [0.1, 0.15) is 6.04 Å². The Morgan fingerprint density at radius 1 is 1.67 bits per heavy atom. The van der Waals surface area contributed by atoms with Crippen molar-refractivity contribution in [1.82, 2.24) is 10.4 Å². The highest BCUT2D eigenvalue weighted by Crippen LogP contribution is 2.47. The highest BCUT2D eigenvalue weighted by atomic mass is 32.2. The minimum absolute atomic E-state index is 0.0755. The maximum absolute atomic E-state index is 12.0. The number of rotatable bonds is 4. The third kappa shape index (κ3) is 2.49. The summed E-state index contributed by atoms with van der Waals surface area (Å²) in [6, 6.07) is -0.387. The molecule has 0 bridgehead atoms. The van der Waals surface area contributed by atoms with Crippen LogP contribution in [-0.4, -0.2) is 40.0 Å². The van der Waals surface area contributed by atoms with Crippen LogP contribution >= 0.6 is 11.8 Å². The van der Waals surface area contributed by atoms with E-state index in [0.717, 1.165) is 6.42 Å². The summed E-state index contributed by atoms with van der Waals surface area (Å²) in [4.78, 5) is 30.5. The zero-order valence-electron chi connectivity index (χ0n) is 11.1. The van der Waals surface area contributed by atoms with Crippen molar-refractivity contribution in [2.45, 2.75) is 44.5 Å². The number of thioether (sulfide) groups is 1. The third-order valence-electron chi connectivity index (χ3n) is 3.34. The van der Waals surface area contributed by atoms with Crippen LogP contribution < -0.4 is 5.48 Å². The second-order valence-electron chi connectivity index (χ2n) is 5.44. The number of hydrogen-bond acceptors (Lipinski definition) is 4. The fourth-order valence-corrected chi connectivity index (χ4v) is 3.79. The largest absolute Gasteiger partial charge is 0.315 e. The summed E-state index contributed by atoms with van der Waals surface area (Å²) in [5.74, 6) is 0.884. The molecule has 2 aliphatic rings. The normalized spacial score (nSPS) is 31.0. The molecule has 0 spiro atoms. The molecular formula is C12H20N2O3S. The molecule has 2 unspecified atom stereocenters. The lowest BCUT2D eigenvalue weighted by molar-refractivity contribution is -0.145. The molecule has 0 aromatic carbocycles. The molecule has 1 N–H and O–H groups in total. The number of hydroxylamine groups is 1. The number of hydrogen-bond donors (Lipinski definition) is 1. The zero-order chi connectivity index (χ0) is 13.3. The molecule has 2 saturated heterocycles. The van der Waals surface area contributed by atoms with E-state index in [-0.39, 0.29) is 22.7 Å². The van der Waals surface area contributed by atoms with Crippen molar-refractivity contribution in [1.29, 1.82) is 0 Å². The van der Waals surface area contributed by atoms with Crippen molar-refractivity contribution in [3.8, 4) is 0 Å². The van der Waals surface area contributed by atoms with E-state index in [4.69, 9.17) is 4.84 Å². The number of nitrogens with zero attached hydrogens (tertiary/aromatic N) is 1. The monoisotopic (exact) mass is 272 g/mol. The summed E-state index contributed by atoms with van der Waals surface area (Å²) in [6.07, 6.45) is 1.37. The minimum Gasteiger partial charge on any atom is -0.315 e. The Morgan fingerprint density at radius 2 is 2.39 bits per heavy atom. The molecular weight excluding hydrogens is 252 g/mol. The summed E-state index contributed by atoms with van der Waals surface area (Å²) in [5, 5.41) is 0. The molecule has 2 atom stereocenters. The molecule has 6 heteroatoms. The average Bonchev–Trinajstić information content (AvgIpc) is 2.76. The quantitative estimate of drug-likeness (QED) is 0.780. The van der Waals surface area contributed by atoms with Crippen molar-refractivity contribution >= 4 is 23.6 Å². The van der Waals surface area contributed by atoms with Gasteiger partial charge in [-0.3, -0.25) is 14.4 Å². The molecule has 0 aromatic heterocycles. The topological polar surface area (TPSA) is 58.6 Å². The second-order valence-corrected chi connectivity index (χ2v) is 6.94. The fourth-order valence-electron chi connectivity index (χ4n) is 2.36. The lowest BCUT2D eigenvalue weighted by Gasteiger charge is -2.29. The summed E-state index contributed by atoms with van der Waals surface area (Å²) in [5.41, 5.74) is 2.46. The first-order valence-corrected chi connectivity index (χ1v) is 7.30. The van der Waals surface area contributed by atoms with Gasteiger partial charge in [0.2, 0.25) is 5.91 Å². The lowest BCUT2D eigenvalue weighted by atomic mass is 10.2. The van der Waals surface area contributed by atoms with Gasteiger partial charge in [-0.05, 0) is 19.3 Å². The first-order valence-electron chi connectivity index (χ1n) is 6.32. The van der Waals surface area contributed by atoms with Gasteiger partial charge in [0, 0.05) is 12.2 Å². The summed E-state index contributed by atoms with van der Waals surface area (Å²) in [6.45, 7) is 6.54. The molecule has 18 heavy (non-hydrogen) atoms. The van der Waals surface area contributed by atoms with Gasteiger partial charge in [-0.25, -0.2) is 5.48 Å². The molecule has 5 nitrogen and oxygen atoms in total. The Labute approximate surface area is 112 Å². The van der Waals surface area contributed by atoms with Gasteiger partial charge in [-0.2, -0.15) is 0 Å². The first-order chi connectivity index (χ1) is 8.44. The molecule has 0 saturated carbocycles. The van der Waals surface area contributed by atoms with Gasteiger partial charge in [0.05, 0.1) is 11.5 Å². The predicted octanol–water partition coefficient (Wildman–Crippen LogP) is 1.14. The van der Waals surface area contributed by atoms with Crippen molar-refractivity contribution in [3.63, 3.8) is 0 Å². The molecule has 0 aromatic rings. The molecule has 2 fully saturated rings. The predicted molar refractivity (Wildman–Crippen MR) is 69.7 cm³/mol. The van der Waals surface area contributed by atoms with E-state index >= 15 is 0 Å². The van der Waals surface area contributed by atoms with Crippen molar-refractivity contribution in [3.05, 3.63) is 0 Å². The summed E-state index contributed by atoms with van der Waals surface area (Å²) < 4.78 is 0. The van der Waals surface area contributed by atoms with E-state index in [1.54, 1.807) is 16.7 Å². The zero-order valence-corrected chi connectivity index (χ0v) is 11.9. The van der Waals surface area contributed by atoms with Crippen LogP contribution in [0.25, 0.3) is 0 Å². The van der Waals surface area contributed by atoms with E-state index in [9.17, 15) is 9.59 Å². The number of amides is 2. The van der Waals surface area contributed by atoms with E-state index in [1.165, 1.54) is 0 Å². The van der Waals surface area contributed by atoms with Gasteiger partial charge >= 0.3 is 0 Å². The average molecular weight is 272 g/mol. The SMILES string of the molecule is CC(C)CONC(=O)C1CSC2(C)CCC(=O)N12. The highest BCUT2D eigenvalue weighted by Gasteiger charge is 2.52. The minimum atomic E-state index is -0.387. The highest BCUT2D eigenvalue weighted by molar-refractivity contribution is 8.01. The van der Waals surface area contributed by atoms with Crippen LogP contribution in [0, 0.1) is 5.92 Å². The van der Waals surface area contributed by atoms with Gasteiger partial charge in [-0.15, -0.1) is 11.8 Å². The van der Waals surface area contributed by atoms with Crippen molar-refractivity contribution in [2.75, 3.05) is 12.4 Å². The van der Waals surface area contributed by atoms with E-state index < -0.39 is 0 Å². The number of nitrogens with one attached hydrogen (secondary N) is 1. The van der Waals surface area contributed by atoms with Crippen LogP contribution in [0.3, 0.4) is 0 Å². The summed E-state index contributed by atoms with van der Waals surface area (Å²) in [7, 11) is 0. The molecule has 2 amide bonds. The second kappa shape index (κ2) is 5.09. The molecule has 2 aliphatic heterocycles. The van der Waals surface area contributed by atoms with Crippen molar-refractivity contribution in [2.24, 2.45) is 5.92 Å². The molecule has 0 radical (unpaired) electrons. The third-order valence-corrected chi connectivity index (χ3v) is 4.84. The fraction of sp³-hybridized carbons (Fsp3) is 0.833. The van der Waals surface area contributed by atoms with Crippen LogP contribution in [-0.2, 0) is 14.4 Å². The Morgan fingerprint density at radius 3 is 3.06 bits per heavy atom. The van der Waals surface area contributed by atoms with Gasteiger partial charge in [0.25, 0.3) is 5.91 Å². The maximum atomic E-state index is 12.0. The number of carbonyl (C=O) groups excluding carboxylic acids is 2. The van der Waals surface area contributed by atoms with Gasteiger partial charge in [0.15, 0.2) is 0 Å². The van der Waals surface area contributed by atoms with E-state index in [2.05, 4.69) is 5.48 Å². The van der Waals surface area contributed by atoms with Crippen molar-refractivity contribution < 1.29 is 14.4 Å². The Bertz CT molecular complexity index is 361. The van der Waals surface area contributed by atoms with Gasteiger partial charge in [-0.1, -0.05) is 13.8 Å². The van der Waals surface area contributed by atoms with Crippen LogP contribution in [0.2, 0.25) is 0 Å². The number of fused-ring (bicyclic) bond motifs is 1. The smallest absolute Gasteiger partial charge is 0.267 e. The molecule has 0 aliphatic carbocycles. The Balaban J connectivity index is 1.93. The van der Waals surface area contributed by atoms with Crippen LogP contribution in [0.4, 0.5) is 0 Å². The van der Waals surface area contributed by atoms with Gasteiger partial charge < -0.3 is 4.90 Å².